The highest BCUT2D eigenvalue weighted by atomic mass is 16.8. The minimum atomic E-state index is -0.0530. The van der Waals surface area contributed by atoms with Crippen molar-refractivity contribution in [2.75, 3.05) is 20.1 Å². The Kier molecular flexibility index (Phi) is 4.79. The molecule has 1 aromatic carbocycles. The van der Waals surface area contributed by atoms with Gasteiger partial charge in [-0.25, -0.2) is 0 Å². The third-order valence-corrected chi connectivity index (χ3v) is 2.61. The molecule has 19 heavy (non-hydrogen) atoms. The number of hydroxylamine groups is 2. The molecule has 1 heterocycles. The predicted octanol–water partition coefficient (Wildman–Crippen LogP) is 2.35. The Morgan fingerprint density at radius 3 is 2.68 bits per heavy atom. The maximum absolute atomic E-state index is 5.53. The van der Waals surface area contributed by atoms with Crippen LogP contribution < -0.4 is 4.74 Å². The largest absolute Gasteiger partial charge is 0.476 e. The molecule has 1 fully saturated rings. The van der Waals surface area contributed by atoms with E-state index in [2.05, 4.69) is 12.6 Å². The van der Waals surface area contributed by atoms with Gasteiger partial charge in [0.1, 0.15) is 5.75 Å². The first-order valence-electron chi connectivity index (χ1n) is 6.14. The van der Waals surface area contributed by atoms with Crippen LogP contribution in [0.1, 0.15) is 11.1 Å². The summed E-state index contributed by atoms with van der Waals surface area (Å²) in [5, 5.41) is 1.69. The molecule has 2 rings (SSSR count). The Morgan fingerprint density at radius 1 is 1.26 bits per heavy atom. The summed E-state index contributed by atoms with van der Waals surface area (Å²) in [6.45, 7) is 8.58. The first-order valence-corrected chi connectivity index (χ1v) is 6.14. The van der Waals surface area contributed by atoms with Gasteiger partial charge in [-0.2, -0.15) is 5.06 Å². The van der Waals surface area contributed by atoms with Crippen LogP contribution in [-0.2, 0) is 14.3 Å². The lowest BCUT2D eigenvalue weighted by Crippen LogP contribution is -2.12. The summed E-state index contributed by atoms with van der Waals surface area (Å²) in [6, 6.07) is 6.05. The Bertz CT molecular complexity index is 415. The fraction of sp³-hybridized carbons (Fsp3) is 0.429. The second kappa shape index (κ2) is 6.56. The fourth-order valence-electron chi connectivity index (χ4n) is 1.72. The quantitative estimate of drug-likeness (QED) is 0.312. The van der Waals surface area contributed by atoms with E-state index in [1.54, 1.807) is 5.06 Å². The van der Waals surface area contributed by atoms with Gasteiger partial charge < -0.3 is 14.2 Å². The van der Waals surface area contributed by atoms with Crippen LogP contribution in [0.15, 0.2) is 31.0 Å². The number of benzene rings is 1. The zero-order chi connectivity index (χ0) is 13.7. The van der Waals surface area contributed by atoms with Gasteiger partial charge in [-0.3, -0.25) is 4.84 Å². The third-order valence-electron chi connectivity index (χ3n) is 2.61. The molecule has 5 heteroatoms. The molecule has 0 aromatic heterocycles. The van der Waals surface area contributed by atoms with Crippen molar-refractivity contribution < 1.29 is 19.0 Å². The highest BCUT2D eigenvalue weighted by molar-refractivity contribution is 5.32. The highest BCUT2D eigenvalue weighted by Gasteiger charge is 2.37. The molecule has 0 bridgehead atoms. The molecule has 2 atom stereocenters. The molecular weight excluding hydrogens is 246 g/mol. The summed E-state index contributed by atoms with van der Waals surface area (Å²) in [5.41, 5.74) is 2.34. The number of hydrogen-bond donors (Lipinski definition) is 0. The van der Waals surface area contributed by atoms with E-state index in [9.17, 15) is 0 Å². The summed E-state index contributed by atoms with van der Waals surface area (Å²) in [5.74, 6) is 0.812. The zero-order valence-electron chi connectivity index (χ0n) is 11.3. The average molecular weight is 265 g/mol. The molecule has 1 aromatic rings. The zero-order valence-corrected chi connectivity index (χ0v) is 11.3. The van der Waals surface area contributed by atoms with Crippen molar-refractivity contribution in [2.24, 2.45) is 0 Å². The van der Waals surface area contributed by atoms with Gasteiger partial charge in [-0.1, -0.05) is 12.6 Å². The van der Waals surface area contributed by atoms with Crippen molar-refractivity contribution in [3.8, 4) is 5.75 Å². The van der Waals surface area contributed by atoms with Crippen molar-refractivity contribution in [1.82, 2.24) is 5.06 Å². The third kappa shape index (κ3) is 4.55. The number of nitrogens with zero attached hydrogens (tertiary/aromatic N) is 1. The molecule has 1 saturated heterocycles. The van der Waals surface area contributed by atoms with Gasteiger partial charge in [0.2, 0.25) is 6.79 Å². The SMILES string of the molecule is C=COCOC1CN1OCOc1cc(C)cc(C)c1. The van der Waals surface area contributed by atoms with Crippen LogP contribution in [0.4, 0.5) is 0 Å². The topological polar surface area (TPSA) is 39.9 Å². The fourth-order valence-corrected chi connectivity index (χ4v) is 1.72. The lowest BCUT2D eigenvalue weighted by molar-refractivity contribution is -0.175. The minimum absolute atomic E-state index is 0.0530. The molecule has 1 aliphatic heterocycles. The van der Waals surface area contributed by atoms with Gasteiger partial charge in [0.25, 0.3) is 0 Å². The van der Waals surface area contributed by atoms with Gasteiger partial charge in [-0.15, -0.1) is 0 Å². The van der Waals surface area contributed by atoms with Gasteiger partial charge in [0.05, 0.1) is 12.8 Å². The standard InChI is InChI=1S/C14H19NO4/c1-4-16-9-18-14-8-15(14)19-10-17-13-6-11(2)5-12(3)7-13/h4-7,14H,1,8-10H2,2-3H3. The predicted molar refractivity (Wildman–Crippen MR) is 70.2 cm³/mol. The van der Waals surface area contributed by atoms with E-state index >= 15 is 0 Å². The summed E-state index contributed by atoms with van der Waals surface area (Å²) < 4.78 is 15.7. The Hall–Kier alpha value is -1.56. The number of aryl methyl sites for hydroxylation is 2. The van der Waals surface area contributed by atoms with E-state index in [-0.39, 0.29) is 19.8 Å². The first kappa shape index (κ1) is 13.9. The molecule has 0 aliphatic carbocycles. The number of ether oxygens (including phenoxy) is 3. The molecule has 0 N–H and O–H groups in total. The average Bonchev–Trinajstić information content (AvgIpc) is 3.07. The number of hydrogen-bond acceptors (Lipinski definition) is 5. The highest BCUT2D eigenvalue weighted by Crippen LogP contribution is 2.20. The number of rotatable bonds is 8. The van der Waals surface area contributed by atoms with E-state index in [1.165, 1.54) is 17.4 Å². The molecule has 0 saturated carbocycles. The molecule has 2 unspecified atom stereocenters. The molecule has 1 aliphatic rings. The lowest BCUT2D eigenvalue weighted by atomic mass is 10.1. The van der Waals surface area contributed by atoms with Crippen molar-refractivity contribution in [2.45, 2.75) is 20.1 Å². The van der Waals surface area contributed by atoms with E-state index in [4.69, 9.17) is 19.0 Å². The van der Waals surface area contributed by atoms with Gasteiger partial charge in [0.15, 0.2) is 13.0 Å². The van der Waals surface area contributed by atoms with Crippen LogP contribution >= 0.6 is 0 Å². The van der Waals surface area contributed by atoms with E-state index < -0.39 is 0 Å². The van der Waals surface area contributed by atoms with Gasteiger partial charge in [-0.05, 0) is 37.1 Å². The summed E-state index contributed by atoms with van der Waals surface area (Å²) in [6.07, 6.45) is 1.29. The van der Waals surface area contributed by atoms with E-state index in [0.717, 1.165) is 12.3 Å². The normalized spacial score (nSPS) is 20.9. The Balaban J connectivity index is 1.63. The van der Waals surface area contributed by atoms with Crippen LogP contribution in [0.25, 0.3) is 0 Å². The van der Waals surface area contributed by atoms with E-state index in [0.29, 0.717) is 0 Å². The van der Waals surface area contributed by atoms with Crippen molar-refractivity contribution in [3.63, 3.8) is 0 Å². The first-order chi connectivity index (χ1) is 9.19. The lowest BCUT2D eigenvalue weighted by Gasteiger charge is -2.09. The van der Waals surface area contributed by atoms with Crippen LogP contribution in [0.5, 0.6) is 5.75 Å². The van der Waals surface area contributed by atoms with Gasteiger partial charge in [0, 0.05) is 0 Å². The molecule has 0 radical (unpaired) electrons. The molecule has 5 nitrogen and oxygen atoms in total. The van der Waals surface area contributed by atoms with Crippen LogP contribution in [-0.4, -0.2) is 31.4 Å². The second-order valence-corrected chi connectivity index (χ2v) is 4.39. The van der Waals surface area contributed by atoms with Crippen molar-refractivity contribution in [3.05, 3.63) is 42.2 Å². The van der Waals surface area contributed by atoms with Crippen LogP contribution in [0, 0.1) is 13.8 Å². The van der Waals surface area contributed by atoms with E-state index in [1.807, 2.05) is 26.0 Å². The minimum Gasteiger partial charge on any atom is -0.476 e. The molecular formula is C14H19NO4. The summed E-state index contributed by atoms with van der Waals surface area (Å²) >= 11 is 0. The smallest absolute Gasteiger partial charge is 0.207 e. The molecule has 104 valence electrons. The monoisotopic (exact) mass is 265 g/mol. The van der Waals surface area contributed by atoms with Crippen LogP contribution in [0.3, 0.4) is 0 Å². The Labute approximate surface area is 113 Å². The maximum atomic E-state index is 5.53. The summed E-state index contributed by atoms with van der Waals surface area (Å²) in [7, 11) is 0. The molecule has 0 spiro atoms. The van der Waals surface area contributed by atoms with Crippen molar-refractivity contribution in [1.29, 1.82) is 0 Å². The Morgan fingerprint density at radius 2 is 2.00 bits per heavy atom. The van der Waals surface area contributed by atoms with Crippen molar-refractivity contribution >= 4 is 0 Å². The maximum Gasteiger partial charge on any atom is 0.207 e. The van der Waals surface area contributed by atoms with Gasteiger partial charge >= 0.3 is 0 Å². The van der Waals surface area contributed by atoms with Crippen LogP contribution in [0.2, 0.25) is 0 Å². The summed E-state index contributed by atoms with van der Waals surface area (Å²) in [4.78, 5) is 5.38. The second-order valence-electron chi connectivity index (χ2n) is 4.39. The molecule has 0 amide bonds.